The first kappa shape index (κ1) is 15.9. The minimum atomic E-state index is -0.734. The van der Waals surface area contributed by atoms with Crippen LogP contribution >= 0.6 is 12.2 Å². The van der Waals surface area contributed by atoms with Gasteiger partial charge in [0.1, 0.15) is 6.04 Å². The summed E-state index contributed by atoms with van der Waals surface area (Å²) in [7, 11) is 0. The molecule has 1 unspecified atom stereocenters. The summed E-state index contributed by atoms with van der Waals surface area (Å²) in [6.45, 7) is 6.29. The molecule has 0 bridgehead atoms. The fourth-order valence-corrected chi connectivity index (χ4v) is 2.27. The molecule has 1 atom stereocenters. The highest BCUT2D eigenvalue weighted by atomic mass is 32.1. The summed E-state index contributed by atoms with van der Waals surface area (Å²) in [5.74, 6) is -0.0284. The number of nitrogens with two attached hydrogens (primary N) is 1. The first-order chi connectivity index (χ1) is 8.79. The molecular weight excluding hydrogens is 262 g/mol. The smallest absolute Gasteiger partial charge is 0.242 e. The third-order valence-electron chi connectivity index (χ3n) is 3.54. The van der Waals surface area contributed by atoms with Gasteiger partial charge in [0, 0.05) is 6.54 Å². The van der Waals surface area contributed by atoms with Gasteiger partial charge in [-0.25, -0.2) is 0 Å². The van der Waals surface area contributed by atoms with Crippen LogP contribution in [-0.4, -0.2) is 29.4 Å². The third-order valence-corrected chi connectivity index (χ3v) is 3.93. The summed E-state index contributed by atoms with van der Waals surface area (Å²) in [4.78, 5) is 24.2. The molecule has 0 aromatic rings. The topological polar surface area (TPSA) is 84.2 Å². The molecule has 0 heterocycles. The van der Waals surface area contributed by atoms with Crippen LogP contribution in [0.5, 0.6) is 0 Å². The molecule has 0 aromatic heterocycles. The lowest BCUT2D eigenvalue weighted by Gasteiger charge is -2.39. The summed E-state index contributed by atoms with van der Waals surface area (Å²) < 4.78 is 0. The molecule has 2 amide bonds. The van der Waals surface area contributed by atoms with Crippen molar-refractivity contribution in [3.8, 4) is 0 Å². The van der Waals surface area contributed by atoms with Gasteiger partial charge in [-0.05, 0) is 25.7 Å². The lowest BCUT2D eigenvalue weighted by molar-refractivity contribution is -0.135. The van der Waals surface area contributed by atoms with E-state index in [0.717, 1.165) is 6.42 Å². The van der Waals surface area contributed by atoms with Crippen LogP contribution in [0, 0.1) is 11.3 Å². The molecule has 1 saturated carbocycles. The van der Waals surface area contributed by atoms with Crippen LogP contribution in [0.15, 0.2) is 0 Å². The first-order valence-corrected chi connectivity index (χ1v) is 7.09. The molecule has 108 valence electrons. The highest BCUT2D eigenvalue weighted by Crippen LogP contribution is 2.41. The summed E-state index contributed by atoms with van der Waals surface area (Å²) in [6, 6.07) is -0.571. The summed E-state index contributed by atoms with van der Waals surface area (Å²) in [5, 5.41) is 5.50. The first-order valence-electron chi connectivity index (χ1n) is 6.68. The Bertz CT molecular complexity index is 378. The Morgan fingerprint density at radius 3 is 2.26 bits per heavy atom. The van der Waals surface area contributed by atoms with Crippen molar-refractivity contribution in [2.75, 3.05) is 6.54 Å². The van der Waals surface area contributed by atoms with Gasteiger partial charge in [0.25, 0.3) is 0 Å². The standard InChI is InChI=1S/C13H23N3O2S/c1-8(2)7-15-10(17)9(3)16-12(18)13(11(14)19)5-4-6-13/h8-9H,4-7H2,1-3H3,(H2,14,19)(H,15,17)(H,16,18). The molecule has 1 aliphatic rings. The molecule has 1 fully saturated rings. The van der Waals surface area contributed by atoms with Gasteiger partial charge >= 0.3 is 0 Å². The molecule has 6 heteroatoms. The van der Waals surface area contributed by atoms with Crippen molar-refractivity contribution in [1.29, 1.82) is 0 Å². The number of rotatable bonds is 6. The quantitative estimate of drug-likeness (QED) is 0.628. The van der Waals surface area contributed by atoms with Crippen LogP contribution in [0.4, 0.5) is 0 Å². The van der Waals surface area contributed by atoms with Gasteiger partial charge < -0.3 is 16.4 Å². The van der Waals surface area contributed by atoms with Gasteiger partial charge in [-0.3, -0.25) is 9.59 Å². The van der Waals surface area contributed by atoms with Crippen molar-refractivity contribution in [2.45, 2.75) is 46.1 Å². The lowest BCUT2D eigenvalue weighted by atomic mass is 9.68. The maximum atomic E-state index is 12.2. The molecule has 1 aliphatic carbocycles. The zero-order chi connectivity index (χ0) is 14.6. The van der Waals surface area contributed by atoms with Crippen LogP contribution in [0.25, 0.3) is 0 Å². The van der Waals surface area contributed by atoms with Gasteiger partial charge in [0.15, 0.2) is 0 Å². The fourth-order valence-electron chi connectivity index (χ4n) is 1.97. The van der Waals surface area contributed by atoms with E-state index in [4.69, 9.17) is 18.0 Å². The predicted molar refractivity (Wildman–Crippen MR) is 78.5 cm³/mol. The number of thiocarbonyl (C=S) groups is 1. The van der Waals surface area contributed by atoms with Crippen LogP contribution in [0.3, 0.4) is 0 Å². The molecule has 4 N–H and O–H groups in total. The molecule has 0 saturated heterocycles. The van der Waals surface area contributed by atoms with Gasteiger partial charge in [-0.2, -0.15) is 0 Å². The van der Waals surface area contributed by atoms with Gasteiger partial charge in [0.2, 0.25) is 11.8 Å². The van der Waals surface area contributed by atoms with Gasteiger partial charge in [-0.1, -0.05) is 32.5 Å². The summed E-state index contributed by atoms with van der Waals surface area (Å²) >= 11 is 4.98. The number of hydrogen-bond donors (Lipinski definition) is 3. The van der Waals surface area contributed by atoms with E-state index < -0.39 is 11.5 Å². The van der Waals surface area contributed by atoms with Crippen LogP contribution in [0.1, 0.15) is 40.0 Å². The van der Waals surface area contributed by atoms with Gasteiger partial charge in [-0.15, -0.1) is 0 Å². The highest BCUT2D eigenvalue weighted by Gasteiger charge is 2.47. The Balaban J connectivity index is 2.52. The Labute approximate surface area is 119 Å². The second-order valence-electron chi connectivity index (χ2n) is 5.63. The molecule has 0 spiro atoms. The minimum Gasteiger partial charge on any atom is -0.392 e. The van der Waals surface area contributed by atoms with Crippen molar-refractivity contribution in [2.24, 2.45) is 17.1 Å². The summed E-state index contributed by atoms with van der Waals surface area (Å²) in [5.41, 5.74) is 4.92. The van der Waals surface area contributed by atoms with E-state index >= 15 is 0 Å². The number of carbonyl (C=O) groups excluding carboxylic acids is 2. The van der Waals surface area contributed by atoms with Crippen molar-refractivity contribution in [3.63, 3.8) is 0 Å². The summed E-state index contributed by atoms with van der Waals surface area (Å²) in [6.07, 6.45) is 2.29. The van der Waals surface area contributed by atoms with E-state index in [2.05, 4.69) is 10.6 Å². The molecule has 0 aromatic carbocycles. The number of carbonyl (C=O) groups is 2. The normalized spacial score (nSPS) is 18.3. The lowest BCUT2D eigenvalue weighted by Crippen LogP contribution is -2.57. The van der Waals surface area contributed by atoms with E-state index in [1.54, 1.807) is 6.92 Å². The van der Waals surface area contributed by atoms with Crippen molar-refractivity contribution in [3.05, 3.63) is 0 Å². The second-order valence-corrected chi connectivity index (χ2v) is 6.07. The monoisotopic (exact) mass is 285 g/mol. The maximum absolute atomic E-state index is 12.2. The molecule has 0 radical (unpaired) electrons. The van der Waals surface area contributed by atoms with Crippen LogP contribution in [-0.2, 0) is 9.59 Å². The highest BCUT2D eigenvalue weighted by molar-refractivity contribution is 7.80. The molecule has 1 rings (SSSR count). The molecule has 5 nitrogen and oxygen atoms in total. The number of nitrogens with one attached hydrogen (secondary N) is 2. The van der Waals surface area contributed by atoms with Crippen molar-refractivity contribution in [1.82, 2.24) is 10.6 Å². The Hall–Kier alpha value is -1.17. The fraction of sp³-hybridized carbons (Fsp3) is 0.769. The Kier molecular flexibility index (Phi) is 5.29. The van der Waals surface area contributed by atoms with Crippen LogP contribution < -0.4 is 16.4 Å². The Morgan fingerprint density at radius 1 is 1.32 bits per heavy atom. The Morgan fingerprint density at radius 2 is 1.89 bits per heavy atom. The molecular formula is C13H23N3O2S. The van der Waals surface area contributed by atoms with Crippen molar-refractivity contribution < 1.29 is 9.59 Å². The van der Waals surface area contributed by atoms with E-state index in [9.17, 15) is 9.59 Å². The van der Waals surface area contributed by atoms with E-state index in [1.807, 2.05) is 13.8 Å². The predicted octanol–water partition coefficient (Wildman–Crippen LogP) is 0.720. The average molecular weight is 285 g/mol. The largest absolute Gasteiger partial charge is 0.392 e. The number of amides is 2. The average Bonchev–Trinajstić information content (AvgIpc) is 2.23. The maximum Gasteiger partial charge on any atom is 0.242 e. The zero-order valence-corrected chi connectivity index (χ0v) is 12.6. The SMILES string of the molecule is CC(C)CNC(=O)C(C)NC(=O)C1(C(N)=S)CCC1. The minimum absolute atomic E-state index is 0.181. The zero-order valence-electron chi connectivity index (χ0n) is 11.8. The van der Waals surface area contributed by atoms with Crippen LogP contribution in [0.2, 0.25) is 0 Å². The third kappa shape index (κ3) is 3.65. The number of hydrogen-bond acceptors (Lipinski definition) is 3. The van der Waals surface area contributed by atoms with E-state index in [-0.39, 0.29) is 16.8 Å². The molecule has 19 heavy (non-hydrogen) atoms. The van der Waals surface area contributed by atoms with E-state index in [1.165, 1.54) is 0 Å². The van der Waals surface area contributed by atoms with E-state index in [0.29, 0.717) is 25.3 Å². The van der Waals surface area contributed by atoms with Crippen molar-refractivity contribution >= 4 is 29.0 Å². The molecule has 0 aliphatic heterocycles. The second kappa shape index (κ2) is 6.32. The van der Waals surface area contributed by atoms with Gasteiger partial charge in [0.05, 0.1) is 10.4 Å².